The maximum atomic E-state index is 13.4. The van der Waals surface area contributed by atoms with Crippen molar-refractivity contribution in [2.75, 3.05) is 6.61 Å². The lowest BCUT2D eigenvalue weighted by Crippen LogP contribution is -2.22. The minimum atomic E-state index is -1.14. The largest absolute Gasteiger partial charge is 0.360 e. The van der Waals surface area contributed by atoms with Crippen molar-refractivity contribution < 1.29 is 9.13 Å². The van der Waals surface area contributed by atoms with Gasteiger partial charge in [-0.2, -0.15) is 5.10 Å². The Hall–Kier alpha value is -2.84. The number of halogens is 1. The summed E-state index contributed by atoms with van der Waals surface area (Å²) in [5, 5.41) is 12.7. The molecular weight excluding hydrogens is 385 g/mol. The Morgan fingerprint density at radius 1 is 1.00 bits per heavy atom. The van der Waals surface area contributed by atoms with Gasteiger partial charge < -0.3 is 4.74 Å². The summed E-state index contributed by atoms with van der Waals surface area (Å²) in [6.45, 7) is 8.10. The molecule has 3 heterocycles. The topological polar surface area (TPSA) is 57.2 Å². The van der Waals surface area contributed by atoms with E-state index < -0.39 is 8.07 Å². The van der Waals surface area contributed by atoms with Crippen LogP contribution in [0.1, 0.15) is 0 Å². The molecule has 29 heavy (non-hydrogen) atoms. The van der Waals surface area contributed by atoms with Crippen LogP contribution in [-0.4, -0.2) is 39.1 Å². The lowest BCUT2D eigenvalue weighted by atomic mass is 10.0. The van der Waals surface area contributed by atoms with E-state index in [0.717, 1.165) is 40.7 Å². The zero-order chi connectivity index (χ0) is 20.4. The molecule has 0 aliphatic carbocycles. The van der Waals surface area contributed by atoms with Crippen molar-refractivity contribution in [3.63, 3.8) is 0 Å². The number of hydrogen-bond acceptors (Lipinski definition) is 4. The molecule has 0 fully saturated rings. The second-order valence-electron chi connectivity index (χ2n) is 8.30. The SMILES string of the molecule is C[Si](C)(C)CCOCn1cc(-c2ccc3nncn3c2)c(-c2ccc(F)cc2)n1. The first-order valence-electron chi connectivity index (χ1n) is 9.60. The van der Waals surface area contributed by atoms with Gasteiger partial charge in [-0.15, -0.1) is 10.2 Å². The molecule has 1 aromatic carbocycles. The van der Waals surface area contributed by atoms with Gasteiger partial charge in [-0.3, -0.25) is 4.40 Å². The van der Waals surface area contributed by atoms with Crippen molar-refractivity contribution in [1.82, 2.24) is 24.4 Å². The number of benzene rings is 1. The predicted octanol–water partition coefficient (Wildman–Crippen LogP) is 4.71. The summed E-state index contributed by atoms with van der Waals surface area (Å²) >= 11 is 0. The maximum absolute atomic E-state index is 13.4. The van der Waals surface area contributed by atoms with Gasteiger partial charge in [-0.1, -0.05) is 19.6 Å². The zero-order valence-corrected chi connectivity index (χ0v) is 17.8. The minimum Gasteiger partial charge on any atom is -0.360 e. The van der Waals surface area contributed by atoms with E-state index in [0.29, 0.717) is 6.73 Å². The highest BCUT2D eigenvalue weighted by Crippen LogP contribution is 2.31. The van der Waals surface area contributed by atoms with Crippen molar-refractivity contribution in [2.24, 2.45) is 0 Å². The predicted molar refractivity (Wildman–Crippen MR) is 114 cm³/mol. The Labute approximate surface area is 170 Å². The molecule has 150 valence electrons. The monoisotopic (exact) mass is 409 g/mol. The maximum Gasteiger partial charge on any atom is 0.160 e. The quantitative estimate of drug-likeness (QED) is 0.328. The summed E-state index contributed by atoms with van der Waals surface area (Å²) in [7, 11) is -1.14. The van der Waals surface area contributed by atoms with Gasteiger partial charge in [0.2, 0.25) is 0 Å². The molecule has 0 spiro atoms. The van der Waals surface area contributed by atoms with Crippen LogP contribution in [0, 0.1) is 5.82 Å². The highest BCUT2D eigenvalue weighted by atomic mass is 28.3. The van der Waals surface area contributed by atoms with Crippen LogP contribution in [-0.2, 0) is 11.5 Å². The lowest BCUT2D eigenvalue weighted by molar-refractivity contribution is 0.0788. The molecule has 0 amide bonds. The Morgan fingerprint density at radius 3 is 2.52 bits per heavy atom. The van der Waals surface area contributed by atoms with Gasteiger partial charge in [0.25, 0.3) is 0 Å². The fourth-order valence-corrected chi connectivity index (χ4v) is 3.80. The standard InChI is InChI=1S/C21H24FN5OSi/c1-29(2,3)11-10-28-15-27-13-19(17-6-9-20-24-23-14-26(20)12-17)21(25-27)16-4-7-18(22)8-5-16/h4-9,12-14H,10-11,15H2,1-3H3. The van der Waals surface area contributed by atoms with Crippen LogP contribution in [0.4, 0.5) is 4.39 Å². The molecule has 0 atom stereocenters. The molecule has 4 aromatic rings. The number of aromatic nitrogens is 5. The molecule has 0 aliphatic heterocycles. The number of fused-ring (bicyclic) bond motifs is 1. The molecule has 3 aromatic heterocycles. The summed E-state index contributed by atoms with van der Waals surface area (Å²) < 4.78 is 22.9. The summed E-state index contributed by atoms with van der Waals surface area (Å²) in [6.07, 6.45) is 5.61. The smallest absolute Gasteiger partial charge is 0.160 e. The van der Waals surface area contributed by atoms with E-state index in [2.05, 4.69) is 29.8 Å². The van der Waals surface area contributed by atoms with Gasteiger partial charge in [0.1, 0.15) is 24.6 Å². The Bertz CT molecular complexity index is 1110. The van der Waals surface area contributed by atoms with Crippen molar-refractivity contribution in [3.05, 3.63) is 60.9 Å². The normalized spacial score (nSPS) is 12.0. The van der Waals surface area contributed by atoms with E-state index in [4.69, 9.17) is 9.84 Å². The summed E-state index contributed by atoms with van der Waals surface area (Å²) in [4.78, 5) is 0. The van der Waals surface area contributed by atoms with Crippen molar-refractivity contribution >= 4 is 13.7 Å². The zero-order valence-electron chi connectivity index (χ0n) is 16.8. The molecule has 0 saturated carbocycles. The van der Waals surface area contributed by atoms with E-state index in [-0.39, 0.29) is 5.82 Å². The van der Waals surface area contributed by atoms with Crippen LogP contribution in [0.3, 0.4) is 0 Å². The highest BCUT2D eigenvalue weighted by Gasteiger charge is 2.15. The average Bonchev–Trinajstić information content (AvgIpc) is 3.31. The minimum absolute atomic E-state index is 0.268. The molecule has 0 unspecified atom stereocenters. The van der Waals surface area contributed by atoms with Crippen molar-refractivity contribution in [2.45, 2.75) is 32.4 Å². The van der Waals surface area contributed by atoms with Gasteiger partial charge in [-0.05, 0) is 42.4 Å². The third-order valence-electron chi connectivity index (χ3n) is 4.70. The molecule has 0 bridgehead atoms. The van der Waals surface area contributed by atoms with E-state index >= 15 is 0 Å². The first-order valence-corrected chi connectivity index (χ1v) is 13.3. The Kier molecular flexibility index (Phi) is 5.29. The molecule has 0 N–H and O–H groups in total. The fourth-order valence-electron chi connectivity index (χ4n) is 3.04. The van der Waals surface area contributed by atoms with Crippen LogP contribution in [0.25, 0.3) is 28.0 Å². The molecule has 0 saturated heterocycles. The number of nitrogens with zero attached hydrogens (tertiary/aromatic N) is 5. The fraction of sp³-hybridized carbons (Fsp3) is 0.286. The molecule has 0 radical (unpaired) electrons. The van der Waals surface area contributed by atoms with Crippen molar-refractivity contribution in [3.8, 4) is 22.4 Å². The van der Waals surface area contributed by atoms with E-state index in [1.54, 1.807) is 23.1 Å². The van der Waals surface area contributed by atoms with Crippen LogP contribution >= 0.6 is 0 Å². The lowest BCUT2D eigenvalue weighted by Gasteiger charge is -2.15. The molecule has 6 nitrogen and oxygen atoms in total. The van der Waals surface area contributed by atoms with Gasteiger partial charge >= 0.3 is 0 Å². The summed E-state index contributed by atoms with van der Waals surface area (Å²) in [5.41, 5.74) is 4.34. The number of rotatable bonds is 7. The summed E-state index contributed by atoms with van der Waals surface area (Å²) in [6, 6.07) is 11.4. The Morgan fingerprint density at radius 2 is 1.76 bits per heavy atom. The first-order chi connectivity index (χ1) is 13.9. The van der Waals surface area contributed by atoms with E-state index in [1.807, 2.05) is 28.9 Å². The van der Waals surface area contributed by atoms with Gasteiger partial charge in [0.05, 0.1) is 0 Å². The summed E-state index contributed by atoms with van der Waals surface area (Å²) in [5.74, 6) is -0.268. The van der Waals surface area contributed by atoms with Gasteiger partial charge in [0.15, 0.2) is 5.65 Å². The van der Waals surface area contributed by atoms with Crippen molar-refractivity contribution in [1.29, 1.82) is 0 Å². The highest BCUT2D eigenvalue weighted by molar-refractivity contribution is 6.76. The number of ether oxygens (including phenoxy) is 1. The van der Waals surface area contributed by atoms with Gasteiger partial charge in [-0.25, -0.2) is 9.07 Å². The molecular formula is C21H24FN5OSi. The van der Waals surface area contributed by atoms with Crippen LogP contribution in [0.2, 0.25) is 25.7 Å². The molecule has 4 rings (SSSR count). The van der Waals surface area contributed by atoms with Gasteiger partial charge in [0, 0.05) is 43.8 Å². The van der Waals surface area contributed by atoms with Crippen LogP contribution < -0.4 is 0 Å². The van der Waals surface area contributed by atoms with Crippen LogP contribution in [0.15, 0.2) is 55.1 Å². The second-order valence-corrected chi connectivity index (χ2v) is 13.9. The third-order valence-corrected chi connectivity index (χ3v) is 6.41. The van der Waals surface area contributed by atoms with E-state index in [9.17, 15) is 4.39 Å². The first kappa shape index (κ1) is 19.5. The third kappa shape index (κ3) is 4.60. The average molecular weight is 410 g/mol. The Balaban J connectivity index is 1.66. The molecule has 8 heteroatoms. The number of pyridine rings is 1. The number of hydrogen-bond donors (Lipinski definition) is 0. The second kappa shape index (κ2) is 7.88. The van der Waals surface area contributed by atoms with E-state index in [1.165, 1.54) is 12.1 Å². The molecule has 0 aliphatic rings. The van der Waals surface area contributed by atoms with Crippen LogP contribution in [0.5, 0.6) is 0 Å².